The Morgan fingerprint density at radius 2 is 1.88 bits per heavy atom. The number of carbonyl (C=O) groups is 1. The highest BCUT2D eigenvalue weighted by atomic mass is 32.1. The molecule has 0 spiro atoms. The molecule has 0 fully saturated rings. The van der Waals surface area contributed by atoms with Crippen molar-refractivity contribution in [1.29, 1.82) is 0 Å². The van der Waals surface area contributed by atoms with E-state index in [-0.39, 0.29) is 5.97 Å². The summed E-state index contributed by atoms with van der Waals surface area (Å²) in [6, 6.07) is 6.12. The number of rotatable bonds is 4. The Hall–Kier alpha value is -1.92. The van der Waals surface area contributed by atoms with Crippen molar-refractivity contribution in [3.63, 3.8) is 0 Å². The summed E-state index contributed by atoms with van der Waals surface area (Å²) in [4.78, 5) is 13.8. The van der Waals surface area contributed by atoms with Gasteiger partial charge < -0.3 is 15.4 Å². The van der Waals surface area contributed by atoms with Crippen LogP contribution in [0.2, 0.25) is 0 Å². The minimum absolute atomic E-state index is 0.260. The summed E-state index contributed by atoms with van der Waals surface area (Å²) in [5.41, 5.74) is 5.06. The average molecular weight is 389 g/mol. The van der Waals surface area contributed by atoms with Crippen molar-refractivity contribution in [2.24, 2.45) is 0 Å². The summed E-state index contributed by atoms with van der Waals surface area (Å²) in [6.07, 6.45) is 4.23. The fourth-order valence-corrected chi connectivity index (χ4v) is 4.88. The van der Waals surface area contributed by atoms with E-state index in [1.165, 1.54) is 11.3 Å². The molecule has 0 unspecified atom stereocenters. The highest BCUT2D eigenvalue weighted by Gasteiger charge is 2.26. The SMILES string of the molecule is CCOC(=O)c1c(NC(=S)Nc2c(C)cccc2C)sc2c1CCCC2. The second kappa shape index (κ2) is 8.18. The van der Waals surface area contributed by atoms with Crippen LogP contribution >= 0.6 is 23.6 Å². The number of ether oxygens (including phenoxy) is 1. The molecule has 6 heteroatoms. The van der Waals surface area contributed by atoms with Crippen molar-refractivity contribution in [3.8, 4) is 0 Å². The molecule has 1 aliphatic carbocycles. The molecule has 1 aromatic heterocycles. The Labute approximate surface area is 164 Å². The Kier molecular flexibility index (Phi) is 5.94. The van der Waals surface area contributed by atoms with Crippen LogP contribution in [0.25, 0.3) is 0 Å². The Balaban J connectivity index is 1.86. The van der Waals surface area contributed by atoms with Crippen LogP contribution in [0.3, 0.4) is 0 Å². The number of fused-ring (bicyclic) bond motifs is 1. The molecule has 2 N–H and O–H groups in total. The molecule has 0 atom stereocenters. The van der Waals surface area contributed by atoms with Gasteiger partial charge in [0.05, 0.1) is 12.2 Å². The molecule has 1 aliphatic rings. The minimum Gasteiger partial charge on any atom is -0.462 e. The fraction of sp³-hybridized carbons (Fsp3) is 0.400. The Morgan fingerprint density at radius 3 is 2.58 bits per heavy atom. The molecule has 4 nitrogen and oxygen atoms in total. The number of thiocarbonyl (C=S) groups is 1. The molecule has 2 aromatic rings. The van der Waals surface area contributed by atoms with Crippen LogP contribution in [0, 0.1) is 13.8 Å². The number of hydrogen-bond acceptors (Lipinski definition) is 4. The van der Waals surface area contributed by atoms with Crippen molar-refractivity contribution in [2.45, 2.75) is 46.5 Å². The van der Waals surface area contributed by atoms with Gasteiger partial charge in [0.15, 0.2) is 5.11 Å². The average Bonchev–Trinajstić information content (AvgIpc) is 2.96. The largest absolute Gasteiger partial charge is 0.462 e. The normalized spacial score (nSPS) is 13.0. The van der Waals surface area contributed by atoms with Crippen LogP contribution in [0.1, 0.15) is 51.7 Å². The van der Waals surface area contributed by atoms with Crippen molar-refractivity contribution >= 4 is 45.3 Å². The number of aryl methyl sites for hydroxylation is 3. The second-order valence-corrected chi connectivity index (χ2v) is 7.99. The van der Waals surface area contributed by atoms with Gasteiger partial charge in [0.2, 0.25) is 0 Å². The van der Waals surface area contributed by atoms with E-state index < -0.39 is 0 Å². The minimum atomic E-state index is -0.260. The van der Waals surface area contributed by atoms with Crippen LogP contribution in [-0.2, 0) is 17.6 Å². The number of anilines is 2. The summed E-state index contributed by atoms with van der Waals surface area (Å²) in [5, 5.41) is 7.81. The van der Waals surface area contributed by atoms with Crippen LogP contribution in [0.15, 0.2) is 18.2 Å². The third-order valence-electron chi connectivity index (χ3n) is 4.60. The monoisotopic (exact) mass is 388 g/mol. The lowest BCUT2D eigenvalue weighted by atomic mass is 9.95. The number of hydrogen-bond donors (Lipinski definition) is 2. The molecule has 138 valence electrons. The molecular weight excluding hydrogens is 364 g/mol. The van der Waals surface area contributed by atoms with Gasteiger partial charge in [-0.1, -0.05) is 18.2 Å². The highest BCUT2D eigenvalue weighted by Crippen LogP contribution is 2.38. The quantitative estimate of drug-likeness (QED) is 0.555. The third-order valence-corrected chi connectivity index (χ3v) is 6.01. The smallest absolute Gasteiger partial charge is 0.341 e. The van der Waals surface area contributed by atoms with Crippen molar-refractivity contribution < 1.29 is 9.53 Å². The van der Waals surface area contributed by atoms with Crippen LogP contribution in [0.5, 0.6) is 0 Å². The molecule has 26 heavy (non-hydrogen) atoms. The first-order chi connectivity index (χ1) is 12.5. The lowest BCUT2D eigenvalue weighted by molar-refractivity contribution is 0.0526. The van der Waals surface area contributed by atoms with E-state index in [0.717, 1.165) is 46.6 Å². The zero-order valence-corrected chi connectivity index (χ0v) is 17.0. The van der Waals surface area contributed by atoms with Crippen molar-refractivity contribution in [2.75, 3.05) is 17.2 Å². The molecule has 0 bridgehead atoms. The molecule has 1 heterocycles. The standard InChI is InChI=1S/C20H24N2O2S2/c1-4-24-19(23)16-14-10-5-6-11-15(14)26-18(16)22-20(25)21-17-12(2)8-7-9-13(17)3/h7-9H,4-6,10-11H2,1-3H3,(H2,21,22,25). The summed E-state index contributed by atoms with van der Waals surface area (Å²) < 4.78 is 5.30. The van der Waals surface area contributed by atoms with Gasteiger partial charge in [-0.2, -0.15) is 0 Å². The first kappa shape index (κ1) is 18.9. The first-order valence-corrected chi connectivity index (χ1v) is 10.2. The van der Waals surface area contributed by atoms with Gasteiger partial charge in [-0.25, -0.2) is 4.79 Å². The van der Waals surface area contributed by atoms with E-state index >= 15 is 0 Å². The maximum Gasteiger partial charge on any atom is 0.341 e. The number of thiophene rings is 1. The number of nitrogens with one attached hydrogen (secondary N) is 2. The maximum absolute atomic E-state index is 12.5. The van der Waals surface area contributed by atoms with Crippen LogP contribution in [0.4, 0.5) is 10.7 Å². The van der Waals surface area contributed by atoms with Crippen LogP contribution < -0.4 is 10.6 Å². The summed E-state index contributed by atoms with van der Waals surface area (Å²) in [7, 11) is 0. The van der Waals surface area contributed by atoms with E-state index in [0.29, 0.717) is 17.3 Å². The molecule has 0 aliphatic heterocycles. The highest BCUT2D eigenvalue weighted by molar-refractivity contribution is 7.80. The van der Waals surface area contributed by atoms with Gasteiger partial charge in [0.25, 0.3) is 0 Å². The van der Waals surface area contributed by atoms with Gasteiger partial charge in [-0.15, -0.1) is 11.3 Å². The van der Waals surface area contributed by atoms with E-state index in [9.17, 15) is 4.79 Å². The molecule has 3 rings (SSSR count). The number of benzene rings is 1. The number of carbonyl (C=O) groups excluding carboxylic acids is 1. The topological polar surface area (TPSA) is 50.4 Å². The first-order valence-electron chi connectivity index (χ1n) is 8.97. The van der Waals surface area contributed by atoms with E-state index in [2.05, 4.69) is 10.6 Å². The van der Waals surface area contributed by atoms with Crippen LogP contribution in [-0.4, -0.2) is 17.7 Å². The van der Waals surface area contributed by atoms with E-state index in [1.54, 1.807) is 11.3 Å². The number of para-hydroxylation sites is 1. The molecule has 0 amide bonds. The lowest BCUT2D eigenvalue weighted by Gasteiger charge is -2.15. The van der Waals surface area contributed by atoms with Gasteiger partial charge in [0, 0.05) is 10.6 Å². The molecule has 0 saturated heterocycles. The van der Waals surface area contributed by atoms with Crippen molar-refractivity contribution in [1.82, 2.24) is 0 Å². The third kappa shape index (κ3) is 3.91. The maximum atomic E-state index is 12.5. The Bertz CT molecular complexity index is 822. The van der Waals surface area contributed by atoms with Gasteiger partial charge >= 0.3 is 5.97 Å². The van der Waals surface area contributed by atoms with E-state index in [4.69, 9.17) is 17.0 Å². The molecule has 1 aromatic carbocycles. The van der Waals surface area contributed by atoms with Crippen molar-refractivity contribution in [3.05, 3.63) is 45.3 Å². The predicted molar refractivity (Wildman–Crippen MR) is 113 cm³/mol. The molecule has 0 radical (unpaired) electrons. The molecule has 0 saturated carbocycles. The fourth-order valence-electron chi connectivity index (χ4n) is 3.33. The summed E-state index contributed by atoms with van der Waals surface area (Å²) in [5.74, 6) is -0.260. The Morgan fingerprint density at radius 1 is 1.19 bits per heavy atom. The predicted octanol–water partition coefficient (Wildman–Crippen LogP) is 5.23. The number of esters is 1. The van der Waals surface area contributed by atoms with Gasteiger partial charge in [-0.05, 0) is 75.4 Å². The van der Waals surface area contributed by atoms with Gasteiger partial charge in [-0.3, -0.25) is 0 Å². The lowest BCUT2D eigenvalue weighted by Crippen LogP contribution is -2.21. The van der Waals surface area contributed by atoms with E-state index in [1.807, 2.05) is 39.0 Å². The summed E-state index contributed by atoms with van der Waals surface area (Å²) >= 11 is 7.15. The zero-order chi connectivity index (χ0) is 18.7. The zero-order valence-electron chi connectivity index (χ0n) is 15.4. The second-order valence-electron chi connectivity index (χ2n) is 6.48. The van der Waals surface area contributed by atoms with Gasteiger partial charge in [0.1, 0.15) is 5.00 Å². The summed E-state index contributed by atoms with van der Waals surface area (Å²) in [6.45, 7) is 6.29. The molecular formula is C20H24N2O2S2.